The van der Waals surface area contributed by atoms with Crippen molar-refractivity contribution in [1.29, 1.82) is 0 Å². The lowest BCUT2D eigenvalue weighted by molar-refractivity contribution is -0.0822. The van der Waals surface area contributed by atoms with Gasteiger partial charge >= 0.3 is 6.09 Å². The maximum absolute atomic E-state index is 13.0. The number of benzene rings is 1. The van der Waals surface area contributed by atoms with Gasteiger partial charge in [-0.05, 0) is 38.5 Å². The number of rotatable bonds is 2. The van der Waals surface area contributed by atoms with Crippen molar-refractivity contribution < 1.29 is 24.1 Å². The third kappa shape index (κ3) is 5.18. The number of carbonyl (C=O) groups excluding carboxylic acids is 1. The van der Waals surface area contributed by atoms with E-state index in [0.717, 1.165) is 5.56 Å². The summed E-state index contributed by atoms with van der Waals surface area (Å²) in [5, 5.41) is 20.8. The van der Waals surface area contributed by atoms with Crippen molar-refractivity contribution in [3.8, 4) is 0 Å². The van der Waals surface area contributed by atoms with E-state index in [1.807, 2.05) is 0 Å². The minimum absolute atomic E-state index is 0.0658. The van der Waals surface area contributed by atoms with Gasteiger partial charge in [-0.15, -0.1) is 0 Å². The smallest absolute Gasteiger partial charge is 0.410 e. The number of hydrogen-bond donors (Lipinski definition) is 2. The van der Waals surface area contributed by atoms with Gasteiger partial charge in [-0.2, -0.15) is 0 Å². The van der Waals surface area contributed by atoms with Crippen LogP contribution in [-0.2, 0) is 11.2 Å². The summed E-state index contributed by atoms with van der Waals surface area (Å²) in [5.74, 6) is -0.347. The second-order valence-electron chi connectivity index (χ2n) is 7.25. The van der Waals surface area contributed by atoms with Gasteiger partial charge in [0.1, 0.15) is 11.4 Å². The fraction of sp³-hybridized carbons (Fsp3) is 0.588. The number of carbonyl (C=O) groups is 1. The first-order valence-corrected chi connectivity index (χ1v) is 7.69. The summed E-state index contributed by atoms with van der Waals surface area (Å²) < 4.78 is 18.3. The van der Waals surface area contributed by atoms with Crippen molar-refractivity contribution in [3.05, 3.63) is 35.6 Å². The summed E-state index contributed by atoms with van der Waals surface area (Å²) >= 11 is 0. The first-order valence-electron chi connectivity index (χ1n) is 7.69. The van der Waals surface area contributed by atoms with Gasteiger partial charge in [-0.1, -0.05) is 12.1 Å². The molecule has 2 unspecified atom stereocenters. The van der Waals surface area contributed by atoms with Gasteiger partial charge in [0.05, 0.1) is 24.8 Å². The Labute approximate surface area is 135 Å². The highest BCUT2D eigenvalue weighted by molar-refractivity contribution is 5.68. The molecule has 2 atom stereocenters. The molecule has 0 aromatic heterocycles. The molecule has 23 heavy (non-hydrogen) atoms. The van der Waals surface area contributed by atoms with E-state index in [9.17, 15) is 19.4 Å². The first kappa shape index (κ1) is 17.7. The van der Waals surface area contributed by atoms with E-state index in [1.54, 1.807) is 32.9 Å². The molecule has 128 valence electrons. The average molecular weight is 325 g/mol. The molecule has 6 heteroatoms. The fourth-order valence-corrected chi connectivity index (χ4v) is 2.82. The molecule has 2 N–H and O–H groups in total. The highest BCUT2D eigenvalue weighted by atomic mass is 19.1. The molecule has 1 aromatic rings. The SMILES string of the molecule is CC(C)(C)OC(=O)N1CC(O)CC(O)(Cc2ccc(F)cc2)C1. The zero-order chi connectivity index (χ0) is 17.3. The van der Waals surface area contributed by atoms with E-state index >= 15 is 0 Å². The van der Waals surface area contributed by atoms with E-state index in [1.165, 1.54) is 17.0 Å². The minimum Gasteiger partial charge on any atom is -0.444 e. The number of amides is 1. The van der Waals surface area contributed by atoms with Gasteiger partial charge < -0.3 is 19.8 Å². The first-order chi connectivity index (χ1) is 10.6. The van der Waals surface area contributed by atoms with Crippen molar-refractivity contribution >= 4 is 6.09 Å². The Balaban J connectivity index is 2.09. The number of β-amino-alcohol motifs (C(OH)–C–C–N with tert-alkyl or cyclic N) is 2. The van der Waals surface area contributed by atoms with Crippen LogP contribution in [0.3, 0.4) is 0 Å². The number of likely N-dealkylation sites (tertiary alicyclic amines) is 1. The largest absolute Gasteiger partial charge is 0.444 e. The molecule has 1 aliphatic heterocycles. The molecule has 1 aromatic carbocycles. The topological polar surface area (TPSA) is 70.0 Å². The summed E-state index contributed by atoms with van der Waals surface area (Å²) in [6.07, 6.45) is -1.01. The van der Waals surface area contributed by atoms with Crippen LogP contribution in [0.5, 0.6) is 0 Å². The predicted octanol–water partition coefficient (Wildman–Crippen LogP) is 2.10. The quantitative estimate of drug-likeness (QED) is 0.874. The Kier molecular flexibility index (Phi) is 4.96. The van der Waals surface area contributed by atoms with Gasteiger partial charge in [-0.3, -0.25) is 0 Å². The Hall–Kier alpha value is -1.66. The lowest BCUT2D eigenvalue weighted by Crippen LogP contribution is -2.57. The molecule has 2 rings (SSSR count). The molecular weight excluding hydrogens is 301 g/mol. The Morgan fingerprint density at radius 3 is 2.57 bits per heavy atom. The lowest BCUT2D eigenvalue weighted by Gasteiger charge is -2.41. The Bertz CT molecular complexity index is 555. The monoisotopic (exact) mass is 325 g/mol. The molecule has 5 nitrogen and oxygen atoms in total. The maximum Gasteiger partial charge on any atom is 0.410 e. The zero-order valence-electron chi connectivity index (χ0n) is 13.8. The number of piperidine rings is 1. The molecule has 1 aliphatic rings. The normalized spacial score (nSPS) is 25.3. The molecule has 1 heterocycles. The molecular formula is C17H24FNO4. The van der Waals surface area contributed by atoms with E-state index in [-0.39, 0.29) is 31.7 Å². The second kappa shape index (κ2) is 6.45. The lowest BCUT2D eigenvalue weighted by atomic mass is 9.85. The van der Waals surface area contributed by atoms with Crippen molar-refractivity contribution in [2.45, 2.75) is 50.9 Å². The van der Waals surface area contributed by atoms with Gasteiger partial charge in [-0.25, -0.2) is 9.18 Å². The van der Waals surface area contributed by atoms with Gasteiger partial charge in [0.25, 0.3) is 0 Å². The van der Waals surface area contributed by atoms with E-state index in [2.05, 4.69) is 0 Å². The molecule has 1 amide bonds. The van der Waals surface area contributed by atoms with Gasteiger partial charge in [0.2, 0.25) is 0 Å². The maximum atomic E-state index is 13.0. The summed E-state index contributed by atoms with van der Waals surface area (Å²) in [4.78, 5) is 13.5. The van der Waals surface area contributed by atoms with Crippen molar-refractivity contribution in [2.75, 3.05) is 13.1 Å². The summed E-state index contributed by atoms with van der Waals surface area (Å²) in [6.45, 7) is 5.47. The number of aliphatic hydroxyl groups excluding tert-OH is 1. The van der Waals surface area contributed by atoms with Crippen LogP contribution < -0.4 is 0 Å². The van der Waals surface area contributed by atoms with E-state index < -0.39 is 23.4 Å². The standard InChI is InChI=1S/C17H24FNO4/c1-16(2,3)23-15(21)19-10-14(20)9-17(22,11-19)8-12-4-6-13(18)7-5-12/h4-7,14,20,22H,8-11H2,1-3H3. The van der Waals surface area contributed by atoms with Crippen LogP contribution in [0.4, 0.5) is 9.18 Å². The van der Waals surface area contributed by atoms with E-state index in [4.69, 9.17) is 4.74 Å². The van der Waals surface area contributed by atoms with E-state index in [0.29, 0.717) is 0 Å². The molecule has 1 fully saturated rings. The number of hydrogen-bond acceptors (Lipinski definition) is 4. The molecule has 0 aliphatic carbocycles. The third-order valence-corrected chi connectivity index (χ3v) is 3.63. The van der Waals surface area contributed by atoms with Crippen LogP contribution >= 0.6 is 0 Å². The fourth-order valence-electron chi connectivity index (χ4n) is 2.82. The molecule has 1 saturated heterocycles. The number of aliphatic hydroxyl groups is 2. The zero-order valence-corrected chi connectivity index (χ0v) is 13.8. The predicted molar refractivity (Wildman–Crippen MR) is 83.5 cm³/mol. The van der Waals surface area contributed by atoms with Crippen LogP contribution in [0.25, 0.3) is 0 Å². The van der Waals surface area contributed by atoms with Crippen molar-refractivity contribution in [1.82, 2.24) is 4.90 Å². The summed E-state index contributed by atoms with van der Waals surface area (Å²) in [6, 6.07) is 5.82. The third-order valence-electron chi connectivity index (χ3n) is 3.63. The van der Waals surface area contributed by atoms with Crippen LogP contribution in [0.2, 0.25) is 0 Å². The number of ether oxygens (including phenoxy) is 1. The van der Waals surface area contributed by atoms with Crippen LogP contribution in [0.1, 0.15) is 32.8 Å². The molecule has 0 saturated carbocycles. The Morgan fingerprint density at radius 2 is 2.00 bits per heavy atom. The van der Waals surface area contributed by atoms with Crippen LogP contribution in [-0.4, -0.2) is 51.6 Å². The van der Waals surface area contributed by atoms with Crippen LogP contribution in [0, 0.1) is 5.82 Å². The molecule has 0 bridgehead atoms. The summed E-state index contributed by atoms with van der Waals surface area (Å²) in [7, 11) is 0. The Morgan fingerprint density at radius 1 is 1.39 bits per heavy atom. The van der Waals surface area contributed by atoms with Crippen molar-refractivity contribution in [3.63, 3.8) is 0 Å². The highest BCUT2D eigenvalue weighted by Gasteiger charge is 2.40. The minimum atomic E-state index is -1.27. The van der Waals surface area contributed by atoms with Gasteiger partial charge in [0.15, 0.2) is 0 Å². The highest BCUT2D eigenvalue weighted by Crippen LogP contribution is 2.27. The average Bonchev–Trinajstić information content (AvgIpc) is 2.38. The molecule has 0 spiro atoms. The number of halogens is 1. The second-order valence-corrected chi connectivity index (χ2v) is 7.25. The van der Waals surface area contributed by atoms with Crippen LogP contribution in [0.15, 0.2) is 24.3 Å². The van der Waals surface area contributed by atoms with Gasteiger partial charge in [0, 0.05) is 12.8 Å². The van der Waals surface area contributed by atoms with Crippen molar-refractivity contribution in [2.24, 2.45) is 0 Å². The molecule has 0 radical (unpaired) electrons. The number of nitrogens with zero attached hydrogens (tertiary/aromatic N) is 1. The summed E-state index contributed by atoms with van der Waals surface area (Å²) in [5.41, 5.74) is -1.17.